The number of ether oxygens (including phenoxy) is 2. The Labute approximate surface area is 194 Å². The summed E-state index contributed by atoms with van der Waals surface area (Å²) in [6.45, 7) is 0.839. The van der Waals surface area contributed by atoms with Gasteiger partial charge in [0.25, 0.3) is 0 Å². The van der Waals surface area contributed by atoms with Crippen LogP contribution in [0.25, 0.3) is 10.9 Å². The Bertz CT molecular complexity index is 1270. The lowest BCUT2D eigenvalue weighted by Gasteiger charge is -2.31. The van der Waals surface area contributed by atoms with Gasteiger partial charge in [0.2, 0.25) is 15.9 Å². The highest BCUT2D eigenvalue weighted by atomic mass is 32.2. The predicted molar refractivity (Wildman–Crippen MR) is 126 cm³/mol. The molecule has 1 aliphatic heterocycles. The molecular formula is C24H29N3O5S. The minimum atomic E-state index is -3.69. The molecule has 1 aromatic heterocycles. The number of aromatic nitrogens is 1. The van der Waals surface area contributed by atoms with Crippen LogP contribution < -0.4 is 14.8 Å². The van der Waals surface area contributed by atoms with Crippen molar-refractivity contribution in [3.63, 3.8) is 0 Å². The van der Waals surface area contributed by atoms with Gasteiger partial charge in [-0.05, 0) is 43.2 Å². The third kappa shape index (κ3) is 4.56. The number of aryl methyl sites for hydroxylation is 1. The second-order valence-corrected chi connectivity index (χ2v) is 10.2. The van der Waals surface area contributed by atoms with Crippen LogP contribution in [0.2, 0.25) is 0 Å². The summed E-state index contributed by atoms with van der Waals surface area (Å²) < 4.78 is 40.7. The third-order valence-corrected chi connectivity index (χ3v) is 8.05. The van der Waals surface area contributed by atoms with Gasteiger partial charge in [0.05, 0.1) is 25.0 Å². The average molecular weight is 472 g/mol. The van der Waals surface area contributed by atoms with Crippen LogP contribution in [0, 0.1) is 5.92 Å². The fourth-order valence-corrected chi connectivity index (χ4v) is 5.92. The van der Waals surface area contributed by atoms with E-state index in [0.717, 1.165) is 16.5 Å². The van der Waals surface area contributed by atoms with Crippen molar-refractivity contribution in [2.24, 2.45) is 13.0 Å². The summed E-state index contributed by atoms with van der Waals surface area (Å²) in [4.78, 5) is 13.2. The van der Waals surface area contributed by atoms with Crippen molar-refractivity contribution in [1.29, 1.82) is 0 Å². The van der Waals surface area contributed by atoms with Gasteiger partial charge in [-0.1, -0.05) is 12.1 Å². The topological polar surface area (TPSA) is 89.9 Å². The SMILES string of the molecule is COc1cccc(CNC(=O)[C@@H]2CCCN(S(=O)(=O)c3ccc4c(ccn4C)c3)C2)c1OC. The number of para-hydroxylation sites is 1. The number of nitrogens with zero attached hydrogens (tertiary/aromatic N) is 2. The first-order chi connectivity index (χ1) is 15.8. The van der Waals surface area contributed by atoms with Crippen molar-refractivity contribution in [3.05, 3.63) is 54.2 Å². The summed E-state index contributed by atoms with van der Waals surface area (Å²) >= 11 is 0. The molecule has 1 fully saturated rings. The summed E-state index contributed by atoms with van der Waals surface area (Å²) in [7, 11) is 1.35. The highest BCUT2D eigenvalue weighted by Crippen LogP contribution is 2.31. The van der Waals surface area contributed by atoms with Gasteiger partial charge in [-0.3, -0.25) is 4.79 Å². The molecule has 0 spiro atoms. The first-order valence-electron chi connectivity index (χ1n) is 10.9. The van der Waals surface area contributed by atoms with E-state index in [2.05, 4.69) is 5.32 Å². The first-order valence-corrected chi connectivity index (χ1v) is 12.3. The van der Waals surface area contributed by atoms with Crippen LogP contribution in [0.5, 0.6) is 11.5 Å². The van der Waals surface area contributed by atoms with Gasteiger partial charge in [0, 0.05) is 49.3 Å². The molecule has 9 heteroatoms. The molecule has 8 nitrogen and oxygen atoms in total. The van der Waals surface area contributed by atoms with Gasteiger partial charge in [0.1, 0.15) is 0 Å². The van der Waals surface area contributed by atoms with E-state index in [4.69, 9.17) is 9.47 Å². The lowest BCUT2D eigenvalue weighted by molar-refractivity contribution is -0.126. The number of hydrogen-bond acceptors (Lipinski definition) is 5. The number of carbonyl (C=O) groups excluding carboxylic acids is 1. The maximum absolute atomic E-state index is 13.3. The normalized spacial score (nSPS) is 17.1. The monoisotopic (exact) mass is 471 g/mol. The van der Waals surface area contributed by atoms with Crippen molar-refractivity contribution < 1.29 is 22.7 Å². The number of fused-ring (bicyclic) bond motifs is 1. The summed E-state index contributed by atoms with van der Waals surface area (Å²) in [6, 6.07) is 12.5. The highest BCUT2D eigenvalue weighted by Gasteiger charge is 2.33. The van der Waals surface area contributed by atoms with Crippen LogP contribution in [-0.4, -0.2) is 50.5 Å². The zero-order chi connectivity index (χ0) is 23.6. The Morgan fingerprint density at radius 3 is 2.73 bits per heavy atom. The molecule has 0 bridgehead atoms. The second-order valence-electron chi connectivity index (χ2n) is 8.22. The summed E-state index contributed by atoms with van der Waals surface area (Å²) in [6.07, 6.45) is 3.18. The molecule has 1 saturated heterocycles. The summed E-state index contributed by atoms with van der Waals surface area (Å²) in [5.74, 6) is 0.586. The van der Waals surface area contributed by atoms with Gasteiger partial charge in [-0.25, -0.2) is 8.42 Å². The first kappa shape index (κ1) is 23.1. The van der Waals surface area contributed by atoms with Gasteiger partial charge in [-0.2, -0.15) is 4.31 Å². The number of piperidine rings is 1. The Morgan fingerprint density at radius 2 is 1.97 bits per heavy atom. The number of benzene rings is 2. The molecule has 2 aromatic carbocycles. The molecule has 1 atom stereocenters. The van der Waals surface area contributed by atoms with E-state index in [0.29, 0.717) is 30.9 Å². The quantitative estimate of drug-likeness (QED) is 0.572. The molecule has 33 heavy (non-hydrogen) atoms. The lowest BCUT2D eigenvalue weighted by Crippen LogP contribution is -2.45. The number of amides is 1. The smallest absolute Gasteiger partial charge is 0.243 e. The van der Waals surface area contributed by atoms with E-state index >= 15 is 0 Å². The number of nitrogens with one attached hydrogen (secondary N) is 1. The zero-order valence-electron chi connectivity index (χ0n) is 19.1. The molecule has 1 aliphatic rings. The maximum atomic E-state index is 13.3. The van der Waals surface area contributed by atoms with E-state index in [-0.39, 0.29) is 23.9 Å². The summed E-state index contributed by atoms with van der Waals surface area (Å²) in [5, 5.41) is 3.81. The predicted octanol–water partition coefficient (Wildman–Crippen LogP) is 2.91. The third-order valence-electron chi connectivity index (χ3n) is 6.19. The van der Waals surface area contributed by atoms with Gasteiger partial charge >= 0.3 is 0 Å². The average Bonchev–Trinajstić information content (AvgIpc) is 3.22. The van der Waals surface area contributed by atoms with Gasteiger partial charge in [0.15, 0.2) is 11.5 Å². The molecule has 0 saturated carbocycles. The van der Waals surface area contributed by atoms with Crippen LogP contribution in [0.15, 0.2) is 53.6 Å². The van der Waals surface area contributed by atoms with Crippen LogP contribution in [0.4, 0.5) is 0 Å². The molecule has 176 valence electrons. The number of sulfonamides is 1. The van der Waals surface area contributed by atoms with E-state index < -0.39 is 15.9 Å². The van der Waals surface area contributed by atoms with Crippen LogP contribution >= 0.6 is 0 Å². The van der Waals surface area contributed by atoms with Crippen LogP contribution in [0.3, 0.4) is 0 Å². The molecular weight excluding hydrogens is 442 g/mol. The number of rotatable bonds is 7. The van der Waals surface area contributed by atoms with Crippen molar-refractivity contribution in [3.8, 4) is 11.5 Å². The zero-order valence-corrected chi connectivity index (χ0v) is 19.9. The van der Waals surface area contributed by atoms with Crippen molar-refractivity contribution in [2.45, 2.75) is 24.3 Å². The number of carbonyl (C=O) groups is 1. The largest absolute Gasteiger partial charge is 0.493 e. The van der Waals surface area contributed by atoms with Crippen LogP contribution in [-0.2, 0) is 28.4 Å². The fraction of sp³-hybridized carbons (Fsp3) is 0.375. The molecule has 1 N–H and O–H groups in total. The number of methoxy groups -OCH3 is 2. The maximum Gasteiger partial charge on any atom is 0.243 e. The Kier molecular flexibility index (Phi) is 6.62. The highest BCUT2D eigenvalue weighted by molar-refractivity contribution is 7.89. The minimum absolute atomic E-state index is 0.163. The summed E-state index contributed by atoms with van der Waals surface area (Å²) in [5.41, 5.74) is 1.76. The molecule has 0 aliphatic carbocycles. The standard InChI is InChI=1S/C24H29N3O5S/c1-26-13-11-17-14-20(9-10-21(17)26)33(29,30)27-12-5-7-19(16-27)24(28)25-15-18-6-4-8-22(31-2)23(18)32-3/h4,6,8-11,13-14,19H,5,7,12,15-16H2,1-3H3,(H,25,28)/t19-/m1/s1. The van der Waals surface area contributed by atoms with E-state index in [1.54, 1.807) is 32.4 Å². The molecule has 1 amide bonds. The minimum Gasteiger partial charge on any atom is -0.493 e. The molecule has 0 radical (unpaired) electrons. The van der Waals surface area contributed by atoms with Crippen LogP contribution in [0.1, 0.15) is 18.4 Å². The van der Waals surface area contributed by atoms with Crippen molar-refractivity contribution >= 4 is 26.8 Å². The Hall–Kier alpha value is -3.04. The fourth-order valence-electron chi connectivity index (χ4n) is 4.36. The molecule has 0 unspecified atom stereocenters. The van der Waals surface area contributed by atoms with E-state index in [9.17, 15) is 13.2 Å². The Morgan fingerprint density at radius 1 is 1.15 bits per heavy atom. The van der Waals surface area contributed by atoms with E-state index in [1.807, 2.05) is 42.1 Å². The van der Waals surface area contributed by atoms with Gasteiger partial charge in [-0.15, -0.1) is 0 Å². The number of hydrogen-bond donors (Lipinski definition) is 1. The lowest BCUT2D eigenvalue weighted by atomic mass is 9.98. The van der Waals surface area contributed by atoms with Crippen molar-refractivity contribution in [2.75, 3.05) is 27.3 Å². The van der Waals surface area contributed by atoms with Gasteiger partial charge < -0.3 is 19.4 Å². The molecule has 4 rings (SSSR count). The van der Waals surface area contributed by atoms with Crippen molar-refractivity contribution in [1.82, 2.24) is 14.2 Å². The molecule has 3 aromatic rings. The Balaban J connectivity index is 1.46. The molecule has 2 heterocycles. The second kappa shape index (κ2) is 9.44. The van der Waals surface area contributed by atoms with E-state index in [1.165, 1.54) is 4.31 Å².